The molecule has 6 heteroatoms. The zero-order valence-electron chi connectivity index (χ0n) is 13.9. The molecular formula is C18H24ClN3O2. The van der Waals surface area contributed by atoms with Crippen LogP contribution in [-0.4, -0.2) is 74.7 Å². The van der Waals surface area contributed by atoms with Gasteiger partial charge in [-0.25, -0.2) is 0 Å². The number of rotatable bonds is 3. The quantitative estimate of drug-likeness (QED) is 0.832. The number of carbonyl (C=O) groups is 1. The Morgan fingerprint density at radius 2 is 1.96 bits per heavy atom. The first-order chi connectivity index (χ1) is 11.6. The number of anilines is 1. The highest BCUT2D eigenvalue weighted by atomic mass is 35.5. The van der Waals surface area contributed by atoms with Crippen LogP contribution in [-0.2, 0) is 9.53 Å². The Hall–Kier alpha value is -1.30. The highest BCUT2D eigenvalue weighted by Gasteiger charge is 2.44. The van der Waals surface area contributed by atoms with Crippen molar-refractivity contribution in [3.63, 3.8) is 0 Å². The summed E-state index contributed by atoms with van der Waals surface area (Å²) in [6.07, 6.45) is 1.17. The van der Waals surface area contributed by atoms with Gasteiger partial charge in [-0.05, 0) is 31.2 Å². The van der Waals surface area contributed by atoms with Crippen molar-refractivity contribution in [3.8, 4) is 0 Å². The van der Waals surface area contributed by atoms with E-state index in [1.165, 1.54) is 6.42 Å². The summed E-state index contributed by atoms with van der Waals surface area (Å²) < 4.78 is 5.35. The van der Waals surface area contributed by atoms with E-state index in [0.29, 0.717) is 12.0 Å². The summed E-state index contributed by atoms with van der Waals surface area (Å²) >= 11 is 6.07. The Balaban J connectivity index is 1.27. The zero-order chi connectivity index (χ0) is 16.6. The van der Waals surface area contributed by atoms with E-state index in [9.17, 15) is 4.79 Å². The minimum atomic E-state index is 0.262. The summed E-state index contributed by atoms with van der Waals surface area (Å²) in [5.41, 5.74) is 1.49. The Bertz CT molecular complexity index is 612. The van der Waals surface area contributed by atoms with Crippen molar-refractivity contribution in [3.05, 3.63) is 29.3 Å². The molecule has 0 atom stereocenters. The lowest BCUT2D eigenvalue weighted by atomic mass is 9.85. The van der Waals surface area contributed by atoms with Crippen LogP contribution in [0, 0.1) is 5.41 Å². The number of benzene rings is 1. The fraction of sp³-hybridized carbons (Fsp3) is 0.611. The maximum Gasteiger partial charge on any atom is 0.236 e. The third-order valence-corrected chi connectivity index (χ3v) is 5.73. The average molecular weight is 350 g/mol. The van der Waals surface area contributed by atoms with E-state index in [2.05, 4.69) is 15.9 Å². The monoisotopic (exact) mass is 349 g/mol. The van der Waals surface area contributed by atoms with Crippen LogP contribution in [0.25, 0.3) is 0 Å². The molecule has 24 heavy (non-hydrogen) atoms. The first-order valence-electron chi connectivity index (χ1n) is 8.72. The topological polar surface area (TPSA) is 36.0 Å². The number of ether oxygens (including phenoxy) is 1. The molecule has 5 nitrogen and oxygen atoms in total. The smallest absolute Gasteiger partial charge is 0.236 e. The average Bonchev–Trinajstić information content (AvgIpc) is 2.99. The Morgan fingerprint density at radius 1 is 1.17 bits per heavy atom. The number of likely N-dealkylation sites (tertiary alicyclic amines) is 1. The van der Waals surface area contributed by atoms with Gasteiger partial charge in [0.05, 0.1) is 19.8 Å². The molecule has 0 radical (unpaired) electrons. The lowest BCUT2D eigenvalue weighted by molar-refractivity contribution is -0.133. The first kappa shape index (κ1) is 16.2. The molecule has 0 saturated carbocycles. The number of piperazine rings is 1. The lowest BCUT2D eigenvalue weighted by Crippen LogP contribution is -2.51. The van der Waals surface area contributed by atoms with E-state index in [4.69, 9.17) is 16.3 Å². The summed E-state index contributed by atoms with van der Waals surface area (Å²) in [7, 11) is 0. The molecule has 0 bridgehead atoms. The van der Waals surface area contributed by atoms with Crippen LogP contribution in [0.1, 0.15) is 6.42 Å². The van der Waals surface area contributed by atoms with Gasteiger partial charge < -0.3 is 14.5 Å². The van der Waals surface area contributed by atoms with E-state index in [-0.39, 0.29) is 5.91 Å². The predicted octanol–water partition coefficient (Wildman–Crippen LogP) is 1.71. The third kappa shape index (κ3) is 3.25. The molecular weight excluding hydrogens is 326 g/mol. The number of hydrogen-bond donors (Lipinski definition) is 0. The molecule has 1 amide bonds. The van der Waals surface area contributed by atoms with Gasteiger partial charge in [0.15, 0.2) is 0 Å². The lowest BCUT2D eigenvalue weighted by Gasteiger charge is -2.38. The molecule has 3 saturated heterocycles. The van der Waals surface area contributed by atoms with Crippen LogP contribution in [0.5, 0.6) is 0 Å². The van der Waals surface area contributed by atoms with Crippen LogP contribution >= 0.6 is 11.6 Å². The predicted molar refractivity (Wildman–Crippen MR) is 94.6 cm³/mol. The molecule has 0 aliphatic carbocycles. The van der Waals surface area contributed by atoms with Crippen molar-refractivity contribution in [2.75, 3.05) is 63.9 Å². The maximum atomic E-state index is 12.6. The second-order valence-corrected chi connectivity index (χ2v) is 7.74. The second kappa shape index (κ2) is 6.54. The van der Waals surface area contributed by atoms with Gasteiger partial charge in [0.25, 0.3) is 0 Å². The molecule has 4 rings (SSSR count). The molecule has 0 aromatic heterocycles. The fourth-order valence-corrected chi connectivity index (χ4v) is 4.15. The van der Waals surface area contributed by atoms with E-state index in [1.54, 1.807) is 0 Å². The summed E-state index contributed by atoms with van der Waals surface area (Å²) in [4.78, 5) is 19.2. The Kier molecular flexibility index (Phi) is 4.41. The van der Waals surface area contributed by atoms with Crippen LogP contribution in [0.15, 0.2) is 24.3 Å². The van der Waals surface area contributed by atoms with Gasteiger partial charge in [0.2, 0.25) is 5.91 Å². The number of halogens is 1. The van der Waals surface area contributed by atoms with Gasteiger partial charge in [-0.1, -0.05) is 17.7 Å². The fourth-order valence-electron chi connectivity index (χ4n) is 3.97. The van der Waals surface area contributed by atoms with Crippen LogP contribution in [0.2, 0.25) is 5.02 Å². The van der Waals surface area contributed by atoms with E-state index >= 15 is 0 Å². The van der Waals surface area contributed by atoms with Gasteiger partial charge in [-0.15, -0.1) is 0 Å². The summed E-state index contributed by atoms with van der Waals surface area (Å²) in [6, 6.07) is 7.93. The van der Waals surface area contributed by atoms with E-state index in [1.807, 2.05) is 23.1 Å². The number of amides is 1. The molecule has 3 aliphatic heterocycles. The van der Waals surface area contributed by atoms with E-state index < -0.39 is 0 Å². The third-order valence-electron chi connectivity index (χ3n) is 5.50. The van der Waals surface area contributed by atoms with E-state index in [0.717, 1.165) is 63.2 Å². The number of nitrogens with zero attached hydrogens (tertiary/aromatic N) is 3. The zero-order valence-corrected chi connectivity index (χ0v) is 14.7. The Labute approximate surface area is 148 Å². The number of hydrogen-bond acceptors (Lipinski definition) is 4. The van der Waals surface area contributed by atoms with Crippen molar-refractivity contribution < 1.29 is 9.53 Å². The van der Waals surface area contributed by atoms with Crippen LogP contribution < -0.4 is 4.90 Å². The minimum Gasteiger partial charge on any atom is -0.380 e. The second-order valence-electron chi connectivity index (χ2n) is 7.30. The molecule has 3 fully saturated rings. The minimum absolute atomic E-state index is 0.262. The molecule has 1 aromatic carbocycles. The van der Waals surface area contributed by atoms with Crippen LogP contribution in [0.3, 0.4) is 0 Å². The molecule has 0 N–H and O–H groups in total. The molecule has 3 heterocycles. The SMILES string of the molecule is O=C(CN1CCC2(COC2)C1)N1CCN(c2cccc(Cl)c2)CC1. The molecule has 130 valence electrons. The summed E-state index contributed by atoms with van der Waals surface area (Å²) in [6.45, 7) is 7.64. The maximum absolute atomic E-state index is 12.6. The summed E-state index contributed by atoms with van der Waals surface area (Å²) in [5.74, 6) is 0.262. The molecule has 1 aromatic rings. The first-order valence-corrected chi connectivity index (χ1v) is 9.10. The van der Waals surface area contributed by atoms with Gasteiger partial charge in [-0.3, -0.25) is 9.69 Å². The Morgan fingerprint density at radius 3 is 2.58 bits per heavy atom. The standard InChI is InChI=1S/C18H24ClN3O2/c19-15-2-1-3-16(10-15)21-6-8-22(9-7-21)17(23)11-20-5-4-18(12-20)13-24-14-18/h1-3,10H,4-9,11-14H2. The highest BCUT2D eigenvalue weighted by Crippen LogP contribution is 2.37. The largest absolute Gasteiger partial charge is 0.380 e. The van der Waals surface area contributed by atoms with Gasteiger partial charge in [0.1, 0.15) is 0 Å². The normalized spacial score (nSPS) is 23.5. The number of carbonyl (C=O) groups excluding carboxylic acids is 1. The van der Waals surface area contributed by atoms with Crippen molar-refractivity contribution in [1.82, 2.24) is 9.80 Å². The molecule has 3 aliphatic rings. The molecule has 0 unspecified atom stereocenters. The van der Waals surface area contributed by atoms with Gasteiger partial charge in [-0.2, -0.15) is 0 Å². The highest BCUT2D eigenvalue weighted by molar-refractivity contribution is 6.30. The summed E-state index contributed by atoms with van der Waals surface area (Å²) in [5, 5.41) is 0.758. The molecule has 1 spiro atoms. The van der Waals surface area contributed by atoms with Gasteiger partial charge >= 0.3 is 0 Å². The van der Waals surface area contributed by atoms with Crippen LogP contribution in [0.4, 0.5) is 5.69 Å². The van der Waals surface area contributed by atoms with Crippen molar-refractivity contribution in [2.45, 2.75) is 6.42 Å². The van der Waals surface area contributed by atoms with Crippen molar-refractivity contribution >= 4 is 23.2 Å². The van der Waals surface area contributed by atoms with Crippen molar-refractivity contribution in [1.29, 1.82) is 0 Å². The van der Waals surface area contributed by atoms with Gasteiger partial charge in [0, 0.05) is 48.8 Å². The van der Waals surface area contributed by atoms with Crippen molar-refractivity contribution in [2.24, 2.45) is 5.41 Å².